The number of rotatable bonds is 6. The molecule has 16 heavy (non-hydrogen) atoms. The van der Waals surface area contributed by atoms with Gasteiger partial charge in [0.15, 0.2) is 0 Å². The molecule has 0 aliphatic carbocycles. The maximum absolute atomic E-state index is 4.40. The fraction of sp³-hybridized carbons (Fsp3) is 0.769. The molecule has 0 amide bonds. The van der Waals surface area contributed by atoms with Crippen LogP contribution in [-0.4, -0.2) is 16.8 Å². The molecule has 0 radical (unpaired) electrons. The van der Waals surface area contributed by atoms with Crippen LogP contribution >= 0.6 is 0 Å². The van der Waals surface area contributed by atoms with Crippen LogP contribution in [0.3, 0.4) is 0 Å². The van der Waals surface area contributed by atoms with E-state index in [0.717, 1.165) is 19.4 Å². The smallest absolute Gasteiger partial charge is 0.0558 e. The molecule has 1 aromatic heterocycles. The third kappa shape index (κ3) is 2.64. The van der Waals surface area contributed by atoms with E-state index < -0.39 is 0 Å². The van der Waals surface area contributed by atoms with Gasteiger partial charge in [-0.05, 0) is 31.4 Å². The van der Waals surface area contributed by atoms with Crippen LogP contribution in [0.15, 0.2) is 12.3 Å². The Morgan fingerprint density at radius 3 is 2.62 bits per heavy atom. The Labute approximate surface area is 99.2 Å². The summed E-state index contributed by atoms with van der Waals surface area (Å²) < 4.78 is 2.12. The predicted molar refractivity (Wildman–Crippen MR) is 68.4 cm³/mol. The Bertz CT molecular complexity index is 315. The van der Waals surface area contributed by atoms with Gasteiger partial charge in [-0.25, -0.2) is 0 Å². The topological polar surface area (TPSA) is 29.9 Å². The molecule has 0 spiro atoms. The number of hydrogen-bond acceptors (Lipinski definition) is 2. The summed E-state index contributed by atoms with van der Waals surface area (Å²) in [7, 11) is 2.03. The summed E-state index contributed by atoms with van der Waals surface area (Å²) >= 11 is 0. The standard InChI is InChI=1S/C13H25N3/c1-6-10-16-11(8-9-15-16)12(14-5)13(3,4)7-2/h8-9,12,14H,6-7,10H2,1-5H3. The van der Waals surface area contributed by atoms with E-state index in [1.807, 2.05) is 13.2 Å². The highest BCUT2D eigenvalue weighted by atomic mass is 15.3. The van der Waals surface area contributed by atoms with Crippen molar-refractivity contribution in [3.8, 4) is 0 Å². The molecule has 3 nitrogen and oxygen atoms in total. The fourth-order valence-corrected chi connectivity index (χ4v) is 2.13. The zero-order valence-electron chi connectivity index (χ0n) is 11.2. The first kappa shape index (κ1) is 13.2. The molecular weight excluding hydrogens is 198 g/mol. The summed E-state index contributed by atoms with van der Waals surface area (Å²) in [4.78, 5) is 0. The minimum absolute atomic E-state index is 0.250. The molecule has 0 fully saturated rings. The van der Waals surface area contributed by atoms with Gasteiger partial charge in [-0.2, -0.15) is 5.10 Å². The lowest BCUT2D eigenvalue weighted by molar-refractivity contribution is 0.233. The van der Waals surface area contributed by atoms with Gasteiger partial charge in [-0.1, -0.05) is 27.7 Å². The third-order valence-corrected chi connectivity index (χ3v) is 3.46. The molecule has 0 bridgehead atoms. The zero-order chi connectivity index (χ0) is 12.2. The summed E-state index contributed by atoms with van der Waals surface area (Å²) in [6.07, 6.45) is 4.18. The zero-order valence-corrected chi connectivity index (χ0v) is 11.2. The molecular formula is C13H25N3. The summed E-state index contributed by atoms with van der Waals surface area (Å²) in [5.41, 5.74) is 1.55. The Morgan fingerprint density at radius 1 is 1.44 bits per heavy atom. The highest BCUT2D eigenvalue weighted by molar-refractivity contribution is 5.10. The van der Waals surface area contributed by atoms with Crippen LogP contribution in [0, 0.1) is 5.41 Å². The summed E-state index contributed by atoms with van der Waals surface area (Å²) in [6.45, 7) is 10.0. The summed E-state index contributed by atoms with van der Waals surface area (Å²) in [5, 5.41) is 7.83. The van der Waals surface area contributed by atoms with E-state index in [9.17, 15) is 0 Å². The molecule has 1 aromatic rings. The van der Waals surface area contributed by atoms with Crippen LogP contribution in [0.4, 0.5) is 0 Å². The molecule has 1 atom stereocenters. The molecule has 0 aliphatic heterocycles. The fourth-order valence-electron chi connectivity index (χ4n) is 2.13. The van der Waals surface area contributed by atoms with Crippen molar-refractivity contribution in [2.75, 3.05) is 7.05 Å². The Hall–Kier alpha value is -0.830. The maximum atomic E-state index is 4.40. The molecule has 1 N–H and O–H groups in total. The number of nitrogens with one attached hydrogen (secondary N) is 1. The van der Waals surface area contributed by atoms with Crippen LogP contribution in [0.5, 0.6) is 0 Å². The average molecular weight is 223 g/mol. The average Bonchev–Trinajstić information content (AvgIpc) is 2.68. The molecule has 0 aromatic carbocycles. The number of aromatic nitrogens is 2. The van der Waals surface area contributed by atoms with Gasteiger partial charge >= 0.3 is 0 Å². The van der Waals surface area contributed by atoms with E-state index in [2.05, 4.69) is 48.9 Å². The van der Waals surface area contributed by atoms with Crippen molar-refractivity contribution in [2.24, 2.45) is 5.41 Å². The minimum atomic E-state index is 0.250. The van der Waals surface area contributed by atoms with Crippen molar-refractivity contribution in [3.05, 3.63) is 18.0 Å². The van der Waals surface area contributed by atoms with Crippen LogP contribution in [0.1, 0.15) is 52.3 Å². The molecule has 3 heteroatoms. The highest BCUT2D eigenvalue weighted by Crippen LogP contribution is 2.35. The van der Waals surface area contributed by atoms with Crippen LogP contribution in [0.25, 0.3) is 0 Å². The van der Waals surface area contributed by atoms with Gasteiger partial charge in [-0.3, -0.25) is 4.68 Å². The van der Waals surface area contributed by atoms with Crippen molar-refractivity contribution in [1.82, 2.24) is 15.1 Å². The van der Waals surface area contributed by atoms with Crippen molar-refractivity contribution in [1.29, 1.82) is 0 Å². The van der Waals surface area contributed by atoms with Gasteiger partial charge in [-0.15, -0.1) is 0 Å². The lowest BCUT2D eigenvalue weighted by Crippen LogP contribution is -2.33. The van der Waals surface area contributed by atoms with E-state index in [1.165, 1.54) is 5.69 Å². The van der Waals surface area contributed by atoms with Crippen molar-refractivity contribution >= 4 is 0 Å². The first-order chi connectivity index (χ1) is 7.56. The maximum Gasteiger partial charge on any atom is 0.0558 e. The second kappa shape index (κ2) is 5.48. The second-order valence-corrected chi connectivity index (χ2v) is 5.04. The summed E-state index contributed by atoms with van der Waals surface area (Å²) in [5.74, 6) is 0. The Balaban J connectivity index is 2.99. The second-order valence-electron chi connectivity index (χ2n) is 5.04. The monoisotopic (exact) mass is 223 g/mol. The van der Waals surface area contributed by atoms with E-state index in [4.69, 9.17) is 0 Å². The van der Waals surface area contributed by atoms with Gasteiger partial charge in [0, 0.05) is 12.7 Å². The minimum Gasteiger partial charge on any atom is -0.311 e. The first-order valence-electron chi connectivity index (χ1n) is 6.25. The third-order valence-electron chi connectivity index (χ3n) is 3.46. The van der Waals surface area contributed by atoms with E-state index in [0.29, 0.717) is 6.04 Å². The number of nitrogens with zero attached hydrogens (tertiary/aromatic N) is 2. The SMILES string of the molecule is CCCn1nccc1C(NC)C(C)(C)CC. The Kier molecular flexibility index (Phi) is 4.54. The van der Waals surface area contributed by atoms with Crippen molar-refractivity contribution in [3.63, 3.8) is 0 Å². The Morgan fingerprint density at radius 2 is 2.12 bits per heavy atom. The van der Waals surface area contributed by atoms with Gasteiger partial charge in [0.1, 0.15) is 0 Å². The summed E-state index contributed by atoms with van der Waals surface area (Å²) in [6, 6.07) is 2.50. The normalized spacial score (nSPS) is 14.1. The number of hydrogen-bond donors (Lipinski definition) is 1. The van der Waals surface area contributed by atoms with Crippen molar-refractivity contribution in [2.45, 2.75) is 53.1 Å². The molecule has 92 valence electrons. The molecule has 1 rings (SSSR count). The number of aryl methyl sites for hydroxylation is 1. The van der Waals surface area contributed by atoms with E-state index in [-0.39, 0.29) is 5.41 Å². The van der Waals surface area contributed by atoms with Crippen LogP contribution in [0.2, 0.25) is 0 Å². The molecule has 0 saturated heterocycles. The van der Waals surface area contributed by atoms with Gasteiger partial charge in [0.05, 0.1) is 11.7 Å². The lowest BCUT2D eigenvalue weighted by Gasteiger charge is -2.33. The van der Waals surface area contributed by atoms with Gasteiger partial charge < -0.3 is 5.32 Å². The van der Waals surface area contributed by atoms with Gasteiger partial charge in [0.2, 0.25) is 0 Å². The highest BCUT2D eigenvalue weighted by Gasteiger charge is 2.29. The van der Waals surface area contributed by atoms with Crippen molar-refractivity contribution < 1.29 is 0 Å². The largest absolute Gasteiger partial charge is 0.311 e. The van der Waals surface area contributed by atoms with Crippen LogP contribution < -0.4 is 5.32 Å². The van der Waals surface area contributed by atoms with E-state index >= 15 is 0 Å². The quantitative estimate of drug-likeness (QED) is 0.803. The molecule has 0 aliphatic rings. The van der Waals surface area contributed by atoms with Gasteiger partial charge in [0.25, 0.3) is 0 Å². The van der Waals surface area contributed by atoms with E-state index in [1.54, 1.807) is 0 Å². The first-order valence-corrected chi connectivity index (χ1v) is 6.25. The van der Waals surface area contributed by atoms with Crippen LogP contribution in [-0.2, 0) is 6.54 Å². The predicted octanol–water partition coefficient (Wildman–Crippen LogP) is 2.99. The molecule has 1 unspecified atom stereocenters. The molecule has 0 saturated carbocycles. The molecule has 1 heterocycles. The lowest BCUT2D eigenvalue weighted by atomic mass is 9.80.